The van der Waals surface area contributed by atoms with Crippen molar-refractivity contribution in [2.75, 3.05) is 0 Å². The first kappa shape index (κ1) is 15.4. The molecule has 0 radical (unpaired) electrons. The van der Waals surface area contributed by atoms with Crippen molar-refractivity contribution in [1.82, 2.24) is 0 Å². The molecule has 2 atom stereocenters. The van der Waals surface area contributed by atoms with E-state index < -0.39 is 6.10 Å². The highest BCUT2D eigenvalue weighted by molar-refractivity contribution is 6.23. The van der Waals surface area contributed by atoms with Crippen molar-refractivity contribution in [3.63, 3.8) is 0 Å². The fourth-order valence-corrected chi connectivity index (χ4v) is 3.85. The SMILES string of the molecule is CCCC[C@H](O)[C@H](N)c1ccc2ccc3cccc4ccc1c2c34. The molecule has 24 heavy (non-hydrogen) atoms. The van der Waals surface area contributed by atoms with Crippen LogP contribution in [0.15, 0.2) is 54.6 Å². The molecule has 0 bridgehead atoms. The van der Waals surface area contributed by atoms with E-state index in [-0.39, 0.29) is 6.04 Å². The van der Waals surface area contributed by atoms with Gasteiger partial charge < -0.3 is 10.8 Å². The van der Waals surface area contributed by atoms with Gasteiger partial charge in [-0.05, 0) is 44.3 Å². The second kappa shape index (κ2) is 6.04. The van der Waals surface area contributed by atoms with Gasteiger partial charge >= 0.3 is 0 Å². The van der Waals surface area contributed by atoms with Crippen LogP contribution in [0.25, 0.3) is 32.3 Å². The Hall–Kier alpha value is -2.16. The predicted molar refractivity (Wildman–Crippen MR) is 103 cm³/mol. The molecule has 2 nitrogen and oxygen atoms in total. The van der Waals surface area contributed by atoms with Gasteiger partial charge in [0.15, 0.2) is 0 Å². The first-order valence-corrected chi connectivity index (χ1v) is 8.80. The summed E-state index contributed by atoms with van der Waals surface area (Å²) in [5, 5.41) is 17.9. The number of hydrogen-bond donors (Lipinski definition) is 2. The Morgan fingerprint density at radius 3 is 2.21 bits per heavy atom. The number of nitrogens with two attached hydrogens (primary N) is 1. The maximum absolute atomic E-state index is 10.5. The van der Waals surface area contributed by atoms with Crippen molar-refractivity contribution in [1.29, 1.82) is 0 Å². The smallest absolute Gasteiger partial charge is 0.0733 e. The maximum Gasteiger partial charge on any atom is 0.0733 e. The first-order chi connectivity index (χ1) is 11.7. The fraction of sp³-hybridized carbons (Fsp3) is 0.273. The molecule has 0 aliphatic carbocycles. The van der Waals surface area contributed by atoms with Crippen LogP contribution in [0, 0.1) is 0 Å². The molecule has 2 heteroatoms. The lowest BCUT2D eigenvalue weighted by molar-refractivity contribution is 0.133. The Morgan fingerprint density at radius 1 is 0.875 bits per heavy atom. The van der Waals surface area contributed by atoms with E-state index in [1.807, 2.05) is 0 Å². The third-order valence-corrected chi connectivity index (χ3v) is 5.19. The molecule has 0 heterocycles. The highest BCUT2D eigenvalue weighted by atomic mass is 16.3. The Kier molecular flexibility index (Phi) is 3.87. The van der Waals surface area contributed by atoms with E-state index in [0.29, 0.717) is 0 Å². The minimum absolute atomic E-state index is 0.346. The average molecular weight is 317 g/mol. The Balaban J connectivity index is 1.94. The fourth-order valence-electron chi connectivity index (χ4n) is 3.85. The molecule has 4 aromatic rings. The van der Waals surface area contributed by atoms with Crippen molar-refractivity contribution in [2.45, 2.75) is 38.3 Å². The number of hydrogen-bond acceptors (Lipinski definition) is 2. The number of aliphatic hydroxyl groups is 1. The summed E-state index contributed by atoms with van der Waals surface area (Å²) in [6.07, 6.45) is 2.33. The Morgan fingerprint density at radius 2 is 1.50 bits per heavy atom. The van der Waals surface area contributed by atoms with Crippen molar-refractivity contribution < 1.29 is 5.11 Å². The molecule has 0 saturated heterocycles. The van der Waals surface area contributed by atoms with Gasteiger partial charge in [-0.2, -0.15) is 0 Å². The quantitative estimate of drug-likeness (QED) is 0.501. The van der Waals surface area contributed by atoms with Crippen LogP contribution in [0.3, 0.4) is 0 Å². The van der Waals surface area contributed by atoms with Gasteiger partial charge in [0.05, 0.1) is 12.1 Å². The van der Waals surface area contributed by atoms with Crippen LogP contribution < -0.4 is 5.73 Å². The lowest BCUT2D eigenvalue weighted by atomic mass is 9.88. The summed E-state index contributed by atoms with van der Waals surface area (Å²) >= 11 is 0. The standard InChI is InChI=1S/C22H23NO/c1-2-3-7-19(24)22(23)18-13-11-16-9-8-14-5-4-6-15-10-12-17(18)21(16)20(14)15/h4-6,8-13,19,22,24H,2-3,7,23H2,1H3/t19-,22+/m0/s1. The number of benzene rings is 4. The molecule has 0 aliphatic rings. The number of aliphatic hydroxyl groups excluding tert-OH is 1. The summed E-state index contributed by atoms with van der Waals surface area (Å²) in [6, 6.07) is 19.0. The van der Waals surface area contributed by atoms with Crippen LogP contribution in [-0.4, -0.2) is 11.2 Å². The van der Waals surface area contributed by atoms with Crippen LogP contribution in [0.2, 0.25) is 0 Å². The first-order valence-electron chi connectivity index (χ1n) is 8.80. The molecule has 0 unspecified atom stereocenters. The van der Waals surface area contributed by atoms with Crippen LogP contribution in [0.1, 0.15) is 37.8 Å². The van der Waals surface area contributed by atoms with Crippen molar-refractivity contribution >= 4 is 32.3 Å². The van der Waals surface area contributed by atoms with Gasteiger partial charge in [0.2, 0.25) is 0 Å². The molecular formula is C22H23NO. The normalized spacial score (nSPS) is 14.6. The minimum atomic E-state index is -0.497. The van der Waals surface area contributed by atoms with Gasteiger partial charge in [-0.25, -0.2) is 0 Å². The highest BCUT2D eigenvalue weighted by Crippen LogP contribution is 2.37. The van der Waals surface area contributed by atoms with Crippen molar-refractivity contribution in [2.24, 2.45) is 5.73 Å². The summed E-state index contributed by atoms with van der Waals surface area (Å²) in [7, 11) is 0. The Bertz CT molecular complexity index is 975. The molecule has 0 aliphatic heterocycles. The van der Waals surface area contributed by atoms with Gasteiger partial charge in [-0.1, -0.05) is 74.4 Å². The molecule has 0 amide bonds. The maximum atomic E-state index is 10.5. The van der Waals surface area contributed by atoms with Gasteiger partial charge in [0.25, 0.3) is 0 Å². The molecular weight excluding hydrogens is 294 g/mol. The largest absolute Gasteiger partial charge is 0.391 e. The minimum Gasteiger partial charge on any atom is -0.391 e. The molecule has 4 aromatic carbocycles. The summed E-state index contributed by atoms with van der Waals surface area (Å²) < 4.78 is 0. The summed E-state index contributed by atoms with van der Waals surface area (Å²) in [5.74, 6) is 0. The van der Waals surface area contributed by atoms with E-state index in [2.05, 4.69) is 61.5 Å². The van der Waals surface area contributed by atoms with Gasteiger partial charge in [-0.3, -0.25) is 0 Å². The van der Waals surface area contributed by atoms with Gasteiger partial charge in [-0.15, -0.1) is 0 Å². The third kappa shape index (κ3) is 2.34. The molecule has 0 fully saturated rings. The topological polar surface area (TPSA) is 46.2 Å². The van der Waals surface area contributed by atoms with Crippen LogP contribution >= 0.6 is 0 Å². The molecule has 122 valence electrons. The lowest BCUT2D eigenvalue weighted by Gasteiger charge is -2.22. The predicted octanol–water partition coefficient (Wildman–Crippen LogP) is 5.13. The Labute approximate surface area is 142 Å². The number of unbranched alkanes of at least 4 members (excludes halogenated alkanes) is 1. The summed E-state index contributed by atoms with van der Waals surface area (Å²) in [6.45, 7) is 2.13. The van der Waals surface area contributed by atoms with E-state index >= 15 is 0 Å². The van der Waals surface area contributed by atoms with E-state index in [9.17, 15) is 5.11 Å². The van der Waals surface area contributed by atoms with Gasteiger partial charge in [0, 0.05) is 0 Å². The van der Waals surface area contributed by atoms with Crippen molar-refractivity contribution in [3.05, 3.63) is 60.2 Å². The zero-order chi connectivity index (χ0) is 16.7. The van der Waals surface area contributed by atoms with Gasteiger partial charge in [0.1, 0.15) is 0 Å². The lowest BCUT2D eigenvalue weighted by Crippen LogP contribution is -2.26. The summed E-state index contributed by atoms with van der Waals surface area (Å²) in [4.78, 5) is 0. The van der Waals surface area contributed by atoms with Crippen LogP contribution in [0.5, 0.6) is 0 Å². The van der Waals surface area contributed by atoms with E-state index in [4.69, 9.17) is 5.73 Å². The van der Waals surface area contributed by atoms with E-state index in [1.165, 1.54) is 32.3 Å². The molecule has 0 aromatic heterocycles. The zero-order valence-electron chi connectivity index (χ0n) is 14.0. The van der Waals surface area contributed by atoms with E-state index in [1.54, 1.807) is 0 Å². The van der Waals surface area contributed by atoms with Crippen LogP contribution in [0.4, 0.5) is 0 Å². The second-order valence-corrected chi connectivity index (χ2v) is 6.75. The second-order valence-electron chi connectivity index (χ2n) is 6.75. The summed E-state index contributed by atoms with van der Waals surface area (Å²) in [5.41, 5.74) is 7.47. The highest BCUT2D eigenvalue weighted by Gasteiger charge is 2.20. The van der Waals surface area contributed by atoms with E-state index in [0.717, 1.165) is 24.8 Å². The van der Waals surface area contributed by atoms with Crippen LogP contribution in [-0.2, 0) is 0 Å². The van der Waals surface area contributed by atoms with Crippen molar-refractivity contribution in [3.8, 4) is 0 Å². The zero-order valence-corrected chi connectivity index (χ0v) is 14.0. The average Bonchev–Trinajstić information content (AvgIpc) is 2.63. The monoisotopic (exact) mass is 317 g/mol. The molecule has 4 rings (SSSR count). The molecule has 0 saturated carbocycles. The number of rotatable bonds is 5. The third-order valence-electron chi connectivity index (χ3n) is 5.19. The molecule has 3 N–H and O–H groups in total. The molecule has 0 spiro atoms.